The first-order valence-corrected chi connectivity index (χ1v) is 11.1. The highest BCUT2D eigenvalue weighted by atomic mass is 16.2. The molecule has 6 rings (SSSR count). The smallest absolute Gasteiger partial charge is 0.266 e. The number of carbonyl (C=O) groups is 5. The standard InChI is InChI=1S/C29H16N2O5/c32-25(16-4-2-1-3-5-16)17-6-10-20(11-7-17)31-28(35)22-13-9-19(15-24(22)29(31)36)18-8-12-21-23(14-18)27(34)30-26(21)33/h1-15H,(H,30,33,34). The zero-order valence-electron chi connectivity index (χ0n) is 18.6. The molecule has 0 atom stereocenters. The van der Waals surface area contributed by atoms with Crippen LogP contribution in [0.3, 0.4) is 0 Å². The van der Waals surface area contributed by atoms with Gasteiger partial charge in [-0.25, -0.2) is 4.90 Å². The molecule has 0 spiro atoms. The van der Waals surface area contributed by atoms with Gasteiger partial charge in [-0.05, 0) is 59.7 Å². The van der Waals surface area contributed by atoms with Crippen LogP contribution in [-0.4, -0.2) is 29.4 Å². The van der Waals surface area contributed by atoms with E-state index in [9.17, 15) is 24.0 Å². The predicted octanol–water partition coefficient (Wildman–Crippen LogP) is 4.27. The van der Waals surface area contributed by atoms with Crippen molar-refractivity contribution >= 4 is 35.1 Å². The number of amides is 4. The Morgan fingerprint density at radius 3 is 1.81 bits per heavy atom. The summed E-state index contributed by atoms with van der Waals surface area (Å²) in [6.45, 7) is 0. The molecule has 4 aromatic rings. The number of nitrogens with zero attached hydrogens (tertiary/aromatic N) is 1. The Hall–Kier alpha value is -5.17. The van der Waals surface area contributed by atoms with Crippen LogP contribution in [-0.2, 0) is 0 Å². The van der Waals surface area contributed by atoms with E-state index in [1.807, 2.05) is 6.07 Å². The molecule has 2 aliphatic heterocycles. The molecular weight excluding hydrogens is 456 g/mol. The molecule has 2 aliphatic rings. The Balaban J connectivity index is 1.30. The van der Waals surface area contributed by atoms with Crippen LogP contribution in [0.15, 0.2) is 91.0 Å². The number of nitrogens with one attached hydrogen (secondary N) is 1. The van der Waals surface area contributed by atoms with E-state index in [1.54, 1.807) is 84.9 Å². The summed E-state index contributed by atoms with van der Waals surface area (Å²) in [6.07, 6.45) is 0. The zero-order valence-corrected chi connectivity index (χ0v) is 18.6. The Morgan fingerprint density at radius 2 is 1.11 bits per heavy atom. The molecule has 0 saturated carbocycles. The largest absolute Gasteiger partial charge is 0.289 e. The minimum atomic E-state index is -0.479. The number of imide groups is 2. The van der Waals surface area contributed by atoms with Crippen molar-refractivity contribution < 1.29 is 24.0 Å². The van der Waals surface area contributed by atoms with Crippen LogP contribution in [0.2, 0.25) is 0 Å². The van der Waals surface area contributed by atoms with Crippen molar-refractivity contribution in [2.24, 2.45) is 0 Å². The van der Waals surface area contributed by atoms with Crippen LogP contribution in [0.1, 0.15) is 57.4 Å². The lowest BCUT2D eigenvalue weighted by Gasteiger charge is -2.14. The summed E-state index contributed by atoms with van der Waals surface area (Å²) < 4.78 is 0. The normalized spacial score (nSPS) is 14.1. The molecule has 7 heteroatoms. The van der Waals surface area contributed by atoms with Crippen LogP contribution in [0, 0.1) is 0 Å². The van der Waals surface area contributed by atoms with Gasteiger partial charge in [-0.15, -0.1) is 0 Å². The Bertz CT molecular complexity index is 1640. The van der Waals surface area contributed by atoms with E-state index in [0.717, 1.165) is 4.90 Å². The summed E-state index contributed by atoms with van der Waals surface area (Å²) in [5, 5.41) is 2.26. The van der Waals surface area contributed by atoms with Gasteiger partial charge in [0.05, 0.1) is 27.9 Å². The molecule has 7 nitrogen and oxygen atoms in total. The van der Waals surface area contributed by atoms with E-state index in [2.05, 4.69) is 5.32 Å². The molecule has 0 radical (unpaired) electrons. The van der Waals surface area contributed by atoms with Crippen molar-refractivity contribution in [3.63, 3.8) is 0 Å². The summed E-state index contributed by atoms with van der Waals surface area (Å²) in [4.78, 5) is 63.9. The van der Waals surface area contributed by atoms with E-state index in [4.69, 9.17) is 0 Å². The third-order valence-electron chi connectivity index (χ3n) is 6.38. The average molecular weight is 472 g/mol. The SMILES string of the molecule is O=C(c1ccccc1)c1ccc(N2C(=O)c3ccc(-c4ccc5c(c4)C(=O)NC5=O)cc3C2=O)cc1. The lowest BCUT2D eigenvalue weighted by Crippen LogP contribution is -2.29. The molecule has 4 aromatic carbocycles. The van der Waals surface area contributed by atoms with Gasteiger partial charge in [0.15, 0.2) is 5.78 Å². The van der Waals surface area contributed by atoms with Gasteiger partial charge in [0.2, 0.25) is 0 Å². The molecule has 172 valence electrons. The molecule has 0 aromatic heterocycles. The maximum atomic E-state index is 13.2. The molecule has 0 saturated heterocycles. The summed E-state index contributed by atoms with van der Waals surface area (Å²) in [5.41, 5.74) is 3.71. The Kier molecular flexibility index (Phi) is 4.72. The second kappa shape index (κ2) is 7.95. The number of hydrogen-bond acceptors (Lipinski definition) is 5. The highest BCUT2D eigenvalue weighted by Gasteiger charge is 2.37. The van der Waals surface area contributed by atoms with Crippen molar-refractivity contribution in [1.29, 1.82) is 0 Å². The number of rotatable bonds is 4. The van der Waals surface area contributed by atoms with Gasteiger partial charge < -0.3 is 0 Å². The van der Waals surface area contributed by atoms with E-state index in [0.29, 0.717) is 33.5 Å². The van der Waals surface area contributed by atoms with Crippen molar-refractivity contribution in [2.75, 3.05) is 4.90 Å². The predicted molar refractivity (Wildman–Crippen MR) is 131 cm³/mol. The van der Waals surface area contributed by atoms with Crippen molar-refractivity contribution in [2.45, 2.75) is 0 Å². The number of benzene rings is 4. The van der Waals surface area contributed by atoms with Gasteiger partial charge in [-0.3, -0.25) is 29.3 Å². The second-order valence-corrected chi connectivity index (χ2v) is 8.49. The van der Waals surface area contributed by atoms with Gasteiger partial charge in [0.1, 0.15) is 0 Å². The fraction of sp³-hybridized carbons (Fsp3) is 0. The van der Waals surface area contributed by atoms with Crippen LogP contribution >= 0.6 is 0 Å². The van der Waals surface area contributed by atoms with Crippen LogP contribution in [0.4, 0.5) is 5.69 Å². The quantitative estimate of drug-likeness (QED) is 0.353. The van der Waals surface area contributed by atoms with Gasteiger partial charge in [-0.2, -0.15) is 0 Å². The minimum Gasteiger partial charge on any atom is -0.289 e. The number of anilines is 1. The molecule has 0 aliphatic carbocycles. The monoisotopic (exact) mass is 472 g/mol. The topological polar surface area (TPSA) is 101 Å². The van der Waals surface area contributed by atoms with Crippen molar-refractivity contribution in [3.05, 3.63) is 124 Å². The fourth-order valence-corrected chi connectivity index (χ4v) is 4.52. The van der Waals surface area contributed by atoms with Gasteiger partial charge in [0, 0.05) is 11.1 Å². The number of carbonyl (C=O) groups excluding carboxylic acids is 5. The highest BCUT2D eigenvalue weighted by Crippen LogP contribution is 2.33. The minimum absolute atomic E-state index is 0.154. The Labute approximate surface area is 205 Å². The molecule has 36 heavy (non-hydrogen) atoms. The summed E-state index contributed by atoms with van der Waals surface area (Å²) in [5.74, 6) is -2.00. The third kappa shape index (κ3) is 3.25. The maximum Gasteiger partial charge on any atom is 0.266 e. The van der Waals surface area contributed by atoms with E-state index >= 15 is 0 Å². The number of ketones is 1. The highest BCUT2D eigenvalue weighted by molar-refractivity contribution is 6.34. The first-order chi connectivity index (χ1) is 17.4. The van der Waals surface area contributed by atoms with E-state index in [-0.39, 0.29) is 22.5 Å². The van der Waals surface area contributed by atoms with Crippen molar-refractivity contribution in [1.82, 2.24) is 5.32 Å². The van der Waals surface area contributed by atoms with Crippen LogP contribution < -0.4 is 10.2 Å². The zero-order chi connectivity index (χ0) is 25.0. The second-order valence-electron chi connectivity index (χ2n) is 8.49. The summed E-state index contributed by atoms with van der Waals surface area (Å²) in [6, 6.07) is 24.9. The molecule has 4 amide bonds. The third-order valence-corrected chi connectivity index (χ3v) is 6.38. The first-order valence-electron chi connectivity index (χ1n) is 11.1. The van der Waals surface area contributed by atoms with Gasteiger partial charge in [0.25, 0.3) is 23.6 Å². The Morgan fingerprint density at radius 1 is 0.556 bits per heavy atom. The molecule has 0 fully saturated rings. The molecule has 1 N–H and O–H groups in total. The first kappa shape index (κ1) is 21.4. The molecule has 2 heterocycles. The van der Waals surface area contributed by atoms with E-state index < -0.39 is 23.6 Å². The summed E-state index contributed by atoms with van der Waals surface area (Å²) >= 11 is 0. The van der Waals surface area contributed by atoms with Gasteiger partial charge in [-0.1, -0.05) is 42.5 Å². The molecular formula is C29H16N2O5. The van der Waals surface area contributed by atoms with Crippen LogP contribution in [0.5, 0.6) is 0 Å². The fourth-order valence-electron chi connectivity index (χ4n) is 4.52. The van der Waals surface area contributed by atoms with Crippen molar-refractivity contribution in [3.8, 4) is 11.1 Å². The molecule has 0 bridgehead atoms. The number of hydrogen-bond donors (Lipinski definition) is 1. The number of fused-ring (bicyclic) bond motifs is 2. The lowest BCUT2D eigenvalue weighted by atomic mass is 9.97. The lowest BCUT2D eigenvalue weighted by molar-refractivity contribution is 0.0874. The summed E-state index contributed by atoms with van der Waals surface area (Å²) in [7, 11) is 0. The van der Waals surface area contributed by atoms with E-state index in [1.165, 1.54) is 0 Å². The molecule has 0 unspecified atom stereocenters. The van der Waals surface area contributed by atoms with Crippen LogP contribution in [0.25, 0.3) is 11.1 Å². The van der Waals surface area contributed by atoms with Gasteiger partial charge >= 0.3 is 0 Å². The maximum absolute atomic E-state index is 13.2. The average Bonchev–Trinajstić information content (AvgIpc) is 3.34.